The number of rotatable bonds is 2. The summed E-state index contributed by atoms with van der Waals surface area (Å²) >= 11 is 0. The molecule has 0 unspecified atom stereocenters. The maximum Gasteiger partial charge on any atom is 0.336 e. The van der Waals surface area contributed by atoms with Crippen LogP contribution in [-0.4, -0.2) is 33.5 Å². The summed E-state index contributed by atoms with van der Waals surface area (Å²) in [4.78, 5) is 18.9. The molecule has 0 saturated heterocycles. The summed E-state index contributed by atoms with van der Waals surface area (Å²) in [5.41, 5.74) is 4.13. The molecule has 1 aliphatic rings. The van der Waals surface area contributed by atoms with Gasteiger partial charge < -0.3 is 5.11 Å². The number of hydrogen-bond acceptors (Lipinski definition) is 3. The van der Waals surface area contributed by atoms with Gasteiger partial charge in [-0.2, -0.15) is 0 Å². The van der Waals surface area contributed by atoms with Gasteiger partial charge >= 0.3 is 5.97 Å². The fourth-order valence-corrected chi connectivity index (χ4v) is 3.11. The van der Waals surface area contributed by atoms with Gasteiger partial charge in [0.05, 0.1) is 11.1 Å². The predicted molar refractivity (Wildman–Crippen MR) is 82.7 cm³/mol. The Morgan fingerprint density at radius 2 is 2.14 bits per heavy atom. The fourth-order valence-electron chi connectivity index (χ4n) is 3.11. The summed E-state index contributed by atoms with van der Waals surface area (Å²) in [5, 5.41) is 10.5. The largest absolute Gasteiger partial charge is 0.478 e. The van der Waals surface area contributed by atoms with Gasteiger partial charge in [-0.05, 0) is 26.3 Å². The minimum absolute atomic E-state index is 0.410. The van der Waals surface area contributed by atoms with E-state index in [-0.39, 0.29) is 0 Å². The number of fused-ring (bicyclic) bond motifs is 2. The van der Waals surface area contributed by atoms with Gasteiger partial charge in [-0.3, -0.25) is 9.88 Å². The Morgan fingerprint density at radius 3 is 2.81 bits per heavy atom. The molecule has 2 heterocycles. The SMILES string of the molecule is Cc1cccc2c(C(=O)O)c3c(nc12)CCN(C(C)C)C3. The van der Waals surface area contributed by atoms with E-state index in [4.69, 9.17) is 4.98 Å². The van der Waals surface area contributed by atoms with Crippen molar-refractivity contribution in [2.45, 2.75) is 39.8 Å². The summed E-state index contributed by atoms with van der Waals surface area (Å²) in [7, 11) is 0. The average Bonchev–Trinajstić information content (AvgIpc) is 2.44. The number of benzene rings is 1. The van der Waals surface area contributed by atoms with Crippen molar-refractivity contribution in [3.05, 3.63) is 40.6 Å². The van der Waals surface area contributed by atoms with Crippen LogP contribution in [0.5, 0.6) is 0 Å². The predicted octanol–water partition coefficient (Wildman–Crippen LogP) is 3.01. The number of aryl methyl sites for hydroxylation is 1. The molecule has 1 N–H and O–H groups in total. The molecular formula is C17H20N2O2. The molecule has 4 heteroatoms. The molecule has 2 aromatic rings. The number of hydrogen-bond donors (Lipinski definition) is 1. The summed E-state index contributed by atoms with van der Waals surface area (Å²) < 4.78 is 0. The number of carboxylic acids is 1. The second-order valence-electron chi connectivity index (χ2n) is 6.00. The third kappa shape index (κ3) is 2.29. The third-order valence-electron chi connectivity index (χ3n) is 4.35. The van der Waals surface area contributed by atoms with Crippen molar-refractivity contribution >= 4 is 16.9 Å². The Morgan fingerprint density at radius 1 is 1.38 bits per heavy atom. The summed E-state index contributed by atoms with van der Waals surface area (Å²) in [6, 6.07) is 6.17. The van der Waals surface area contributed by atoms with E-state index in [1.54, 1.807) is 0 Å². The van der Waals surface area contributed by atoms with Crippen LogP contribution in [0.4, 0.5) is 0 Å². The zero-order valence-corrected chi connectivity index (χ0v) is 12.7. The second-order valence-corrected chi connectivity index (χ2v) is 6.00. The molecule has 1 aromatic heterocycles. The Hall–Kier alpha value is -1.94. The molecule has 0 bridgehead atoms. The molecular weight excluding hydrogens is 264 g/mol. The van der Waals surface area contributed by atoms with Gasteiger partial charge in [0.15, 0.2) is 0 Å². The lowest BCUT2D eigenvalue weighted by Crippen LogP contribution is -2.37. The summed E-state index contributed by atoms with van der Waals surface area (Å²) in [6.45, 7) is 7.88. The maximum absolute atomic E-state index is 11.8. The smallest absolute Gasteiger partial charge is 0.336 e. The van der Waals surface area contributed by atoms with Crippen LogP contribution in [-0.2, 0) is 13.0 Å². The van der Waals surface area contributed by atoms with E-state index in [0.29, 0.717) is 18.2 Å². The van der Waals surface area contributed by atoms with E-state index in [1.807, 2.05) is 25.1 Å². The first-order valence-corrected chi connectivity index (χ1v) is 7.37. The Kier molecular flexibility index (Phi) is 3.41. The van der Waals surface area contributed by atoms with Crippen molar-refractivity contribution in [1.29, 1.82) is 0 Å². The Labute approximate surface area is 124 Å². The highest BCUT2D eigenvalue weighted by atomic mass is 16.4. The number of carbonyl (C=O) groups is 1. The van der Waals surface area contributed by atoms with Crippen molar-refractivity contribution in [3.63, 3.8) is 0 Å². The quantitative estimate of drug-likeness (QED) is 0.921. The molecule has 4 nitrogen and oxygen atoms in total. The van der Waals surface area contributed by atoms with E-state index in [9.17, 15) is 9.90 Å². The molecule has 3 rings (SSSR count). The number of aromatic carboxylic acids is 1. The van der Waals surface area contributed by atoms with E-state index in [1.165, 1.54) is 0 Å². The highest BCUT2D eigenvalue weighted by molar-refractivity contribution is 6.04. The van der Waals surface area contributed by atoms with Crippen LogP contribution in [0.15, 0.2) is 18.2 Å². The summed E-state index contributed by atoms with van der Waals surface area (Å²) in [5.74, 6) is -0.852. The zero-order chi connectivity index (χ0) is 15.1. The van der Waals surface area contributed by atoms with E-state index in [0.717, 1.165) is 40.7 Å². The second kappa shape index (κ2) is 5.11. The molecule has 0 radical (unpaired) electrons. The topological polar surface area (TPSA) is 53.4 Å². The zero-order valence-electron chi connectivity index (χ0n) is 12.7. The molecule has 1 aliphatic heterocycles. The van der Waals surface area contributed by atoms with Gasteiger partial charge in [0.2, 0.25) is 0 Å². The van der Waals surface area contributed by atoms with Crippen LogP contribution in [0.2, 0.25) is 0 Å². The lowest BCUT2D eigenvalue weighted by molar-refractivity contribution is 0.0694. The molecule has 0 fully saturated rings. The number of carboxylic acid groups (broad SMARTS) is 1. The molecule has 0 aliphatic carbocycles. The molecule has 0 atom stereocenters. The average molecular weight is 284 g/mol. The first kappa shape index (κ1) is 14.0. The first-order valence-electron chi connectivity index (χ1n) is 7.37. The van der Waals surface area contributed by atoms with Crippen LogP contribution in [0.1, 0.15) is 41.0 Å². The highest BCUT2D eigenvalue weighted by Crippen LogP contribution is 2.30. The Bertz CT molecular complexity index is 722. The van der Waals surface area contributed by atoms with E-state index >= 15 is 0 Å². The molecule has 0 amide bonds. The highest BCUT2D eigenvalue weighted by Gasteiger charge is 2.26. The number of para-hydroxylation sites is 1. The van der Waals surface area contributed by atoms with Crippen LogP contribution < -0.4 is 0 Å². The maximum atomic E-state index is 11.8. The van der Waals surface area contributed by atoms with E-state index < -0.39 is 5.97 Å². The third-order valence-corrected chi connectivity index (χ3v) is 4.35. The lowest BCUT2D eigenvalue weighted by Gasteiger charge is -2.32. The monoisotopic (exact) mass is 284 g/mol. The number of pyridine rings is 1. The minimum atomic E-state index is -0.852. The van der Waals surface area contributed by atoms with Gasteiger partial charge in [-0.25, -0.2) is 4.79 Å². The summed E-state index contributed by atoms with van der Waals surface area (Å²) in [6.07, 6.45) is 0.818. The Balaban J connectivity index is 2.28. The van der Waals surface area contributed by atoms with Crippen molar-refractivity contribution in [1.82, 2.24) is 9.88 Å². The van der Waals surface area contributed by atoms with Gasteiger partial charge in [0, 0.05) is 42.2 Å². The normalized spacial score (nSPS) is 15.4. The molecule has 21 heavy (non-hydrogen) atoms. The van der Waals surface area contributed by atoms with Gasteiger partial charge in [-0.1, -0.05) is 18.2 Å². The van der Waals surface area contributed by atoms with Gasteiger partial charge in [0.25, 0.3) is 0 Å². The van der Waals surface area contributed by atoms with Crippen LogP contribution in [0, 0.1) is 6.92 Å². The molecule has 0 saturated carbocycles. The number of nitrogens with zero attached hydrogens (tertiary/aromatic N) is 2. The van der Waals surface area contributed by atoms with Crippen LogP contribution in [0.25, 0.3) is 10.9 Å². The first-order chi connectivity index (χ1) is 9.99. The van der Waals surface area contributed by atoms with Crippen LogP contribution in [0.3, 0.4) is 0 Å². The van der Waals surface area contributed by atoms with Gasteiger partial charge in [0.1, 0.15) is 0 Å². The molecule has 0 spiro atoms. The van der Waals surface area contributed by atoms with Crippen LogP contribution >= 0.6 is 0 Å². The molecule has 1 aromatic carbocycles. The molecule has 110 valence electrons. The van der Waals surface area contributed by atoms with Crippen molar-refractivity contribution in [3.8, 4) is 0 Å². The van der Waals surface area contributed by atoms with Gasteiger partial charge in [-0.15, -0.1) is 0 Å². The van der Waals surface area contributed by atoms with Crippen molar-refractivity contribution in [2.24, 2.45) is 0 Å². The van der Waals surface area contributed by atoms with Crippen molar-refractivity contribution in [2.75, 3.05) is 6.54 Å². The van der Waals surface area contributed by atoms with Crippen molar-refractivity contribution < 1.29 is 9.90 Å². The fraction of sp³-hybridized carbons (Fsp3) is 0.412. The minimum Gasteiger partial charge on any atom is -0.478 e. The van der Waals surface area contributed by atoms with E-state index in [2.05, 4.69) is 18.7 Å². The standard InChI is InChI=1S/C17H20N2O2/c1-10(2)19-8-7-14-13(9-19)15(17(20)21)12-6-4-5-11(3)16(12)18-14/h4-6,10H,7-9H2,1-3H3,(H,20,21). The number of aromatic nitrogens is 1. The lowest BCUT2D eigenvalue weighted by atomic mass is 9.94.